The van der Waals surface area contributed by atoms with Gasteiger partial charge in [0.2, 0.25) is 0 Å². The van der Waals surface area contributed by atoms with E-state index in [1.165, 1.54) is 0 Å². The van der Waals surface area contributed by atoms with Gasteiger partial charge in [-0.2, -0.15) is 0 Å². The predicted molar refractivity (Wildman–Crippen MR) is 180 cm³/mol. The molecule has 1 aromatic heterocycles. The smallest absolute Gasteiger partial charge is 0.409 e. The van der Waals surface area contributed by atoms with E-state index >= 15 is 0 Å². The van der Waals surface area contributed by atoms with Gasteiger partial charge in [-0.05, 0) is 47.6 Å². The molecule has 1 aliphatic heterocycles. The van der Waals surface area contributed by atoms with E-state index in [9.17, 15) is 9.90 Å². The first-order chi connectivity index (χ1) is 21.3. The monoisotopic (exact) mass is 616 g/mol. The number of hydrazine groups is 1. The van der Waals surface area contributed by atoms with E-state index in [4.69, 9.17) is 4.74 Å². The quantitative estimate of drug-likeness (QED) is 0.165. The van der Waals surface area contributed by atoms with E-state index in [2.05, 4.69) is 104 Å². The van der Waals surface area contributed by atoms with Gasteiger partial charge in [-0.1, -0.05) is 102 Å². The molecule has 1 unspecified atom stereocenters. The predicted octanol–water partition coefficient (Wildman–Crippen LogP) is 4.73. The second-order valence-electron chi connectivity index (χ2n) is 14.2. The highest BCUT2D eigenvalue weighted by molar-refractivity contribution is 5.70. The zero-order valence-corrected chi connectivity index (χ0v) is 27.9. The Morgan fingerprint density at radius 2 is 1.64 bits per heavy atom. The van der Waals surface area contributed by atoms with E-state index in [1.54, 1.807) is 6.20 Å². The molecule has 1 amide bonds. The molecule has 1 saturated heterocycles. The van der Waals surface area contributed by atoms with Crippen LogP contribution in [0.3, 0.4) is 0 Å². The van der Waals surface area contributed by atoms with Crippen molar-refractivity contribution in [2.45, 2.75) is 85.0 Å². The second-order valence-corrected chi connectivity index (χ2v) is 14.2. The molecular weight excluding hydrogens is 564 g/mol. The van der Waals surface area contributed by atoms with E-state index in [1.807, 2.05) is 48.5 Å². The Kier molecular flexibility index (Phi) is 11.7. The van der Waals surface area contributed by atoms with Crippen molar-refractivity contribution in [1.82, 2.24) is 31.4 Å². The largest absolute Gasteiger partial charge is 0.427 e. The first kappa shape index (κ1) is 34.5. The lowest BCUT2D eigenvalue weighted by Crippen LogP contribution is -2.58. The summed E-state index contributed by atoms with van der Waals surface area (Å²) < 4.78 is 5.70. The molecule has 244 valence electrons. The fourth-order valence-electron chi connectivity index (χ4n) is 5.75. The van der Waals surface area contributed by atoms with Crippen molar-refractivity contribution in [3.63, 3.8) is 0 Å². The molecule has 9 heteroatoms. The third kappa shape index (κ3) is 10.1. The highest BCUT2D eigenvalue weighted by Gasteiger charge is 2.42. The van der Waals surface area contributed by atoms with Gasteiger partial charge in [0.05, 0.1) is 17.8 Å². The lowest BCUT2D eigenvalue weighted by Gasteiger charge is -2.37. The van der Waals surface area contributed by atoms with E-state index in [-0.39, 0.29) is 29.0 Å². The Balaban J connectivity index is 1.57. The lowest BCUT2D eigenvalue weighted by molar-refractivity contribution is -0.0168. The molecule has 9 nitrogen and oxygen atoms in total. The minimum absolute atomic E-state index is 0.0420. The third-order valence-corrected chi connectivity index (χ3v) is 8.49. The van der Waals surface area contributed by atoms with Gasteiger partial charge in [0.25, 0.3) is 0 Å². The number of carbonyl (C=O) groups is 1. The Morgan fingerprint density at radius 3 is 2.24 bits per heavy atom. The summed E-state index contributed by atoms with van der Waals surface area (Å²) in [5, 5.41) is 23.9. The molecule has 0 spiro atoms. The average Bonchev–Trinajstić information content (AvgIpc) is 3.38. The average molecular weight is 617 g/mol. The minimum atomic E-state index is -0.735. The Bertz CT molecular complexity index is 1320. The van der Waals surface area contributed by atoms with Crippen LogP contribution in [0.1, 0.15) is 52.7 Å². The highest BCUT2D eigenvalue weighted by Crippen LogP contribution is 2.27. The van der Waals surface area contributed by atoms with Crippen LogP contribution in [0, 0.1) is 10.8 Å². The number of hydrogen-bond acceptors (Lipinski definition) is 8. The van der Waals surface area contributed by atoms with Gasteiger partial charge < -0.3 is 25.8 Å². The van der Waals surface area contributed by atoms with E-state index in [0.29, 0.717) is 26.1 Å². The molecule has 2 heterocycles. The van der Waals surface area contributed by atoms with E-state index < -0.39 is 18.4 Å². The Morgan fingerprint density at radius 1 is 0.956 bits per heavy atom. The number of likely N-dealkylation sites (N-methyl/N-ethyl adjacent to an activating group) is 1. The maximum absolute atomic E-state index is 12.4. The first-order valence-electron chi connectivity index (χ1n) is 15.9. The van der Waals surface area contributed by atoms with Gasteiger partial charge in [0.1, 0.15) is 0 Å². The van der Waals surface area contributed by atoms with Crippen molar-refractivity contribution in [2.75, 3.05) is 20.1 Å². The number of nitrogens with one attached hydrogen (secondary N) is 4. The van der Waals surface area contributed by atoms with Crippen molar-refractivity contribution < 1.29 is 14.6 Å². The summed E-state index contributed by atoms with van der Waals surface area (Å²) in [5.41, 5.74) is 7.41. The number of benzene rings is 2. The summed E-state index contributed by atoms with van der Waals surface area (Å²) in [7, 11) is 1.98. The van der Waals surface area contributed by atoms with Crippen molar-refractivity contribution >= 4 is 6.09 Å². The summed E-state index contributed by atoms with van der Waals surface area (Å²) in [5.74, 6) is 0. The van der Waals surface area contributed by atoms with Crippen LogP contribution >= 0.6 is 0 Å². The topological polar surface area (TPSA) is 111 Å². The molecule has 45 heavy (non-hydrogen) atoms. The number of aromatic nitrogens is 1. The standard InChI is InChI=1S/C36H52N6O3/c1-35(2,3)31(37-7)22-39-29(21-25-13-9-8-10-14-25)30(43)24-42(41-33-32(36(4,5)6)40-34(44)45-33)23-26-16-18-27(19-17-26)28-15-11-12-20-38-28/h8-20,29-33,37,39,41,43H,21-24H2,1-7H3,(H,40,44)/t29-,30-,31+,32+,33?/m0/s1. The maximum Gasteiger partial charge on any atom is 0.409 e. The van der Waals surface area contributed by atoms with Gasteiger partial charge in [-0.3, -0.25) is 4.98 Å². The number of pyridine rings is 1. The second kappa shape index (κ2) is 15.3. The molecule has 0 radical (unpaired) electrons. The normalized spacial score (nSPS) is 19.2. The number of alkyl carbamates (subject to hydrolysis) is 1. The molecule has 1 aliphatic rings. The molecule has 5 atom stereocenters. The number of hydrogen-bond donors (Lipinski definition) is 5. The first-order valence-corrected chi connectivity index (χ1v) is 15.9. The van der Waals surface area contributed by atoms with Crippen LogP contribution in [0.4, 0.5) is 4.79 Å². The molecular formula is C36H52N6O3. The van der Waals surface area contributed by atoms with Crippen LogP contribution < -0.4 is 21.4 Å². The number of nitrogens with zero attached hydrogens (tertiary/aromatic N) is 2. The Labute approximate surface area is 269 Å². The van der Waals surface area contributed by atoms with Crippen LogP contribution in [-0.2, 0) is 17.7 Å². The summed E-state index contributed by atoms with van der Waals surface area (Å²) in [6.45, 7) is 14.4. The number of aliphatic hydroxyl groups excluding tert-OH is 1. The number of amides is 1. The summed E-state index contributed by atoms with van der Waals surface area (Å²) in [6.07, 6.45) is 0.684. The zero-order valence-electron chi connectivity index (χ0n) is 27.9. The zero-order chi connectivity index (χ0) is 32.6. The van der Waals surface area contributed by atoms with Crippen molar-refractivity contribution in [3.05, 3.63) is 90.1 Å². The number of rotatable bonds is 14. The SMILES string of the molecule is CN[C@H](CN[C@@H](Cc1ccccc1)[C@@H](O)CN(Cc1ccc(-c2ccccn2)cc1)NC1OC(=O)N[C@H]1C(C)(C)C)C(C)(C)C. The van der Waals surface area contributed by atoms with Crippen LogP contribution in [0.5, 0.6) is 0 Å². The minimum Gasteiger partial charge on any atom is -0.427 e. The van der Waals surface area contributed by atoms with Crippen molar-refractivity contribution in [1.29, 1.82) is 0 Å². The molecule has 1 fully saturated rings. The molecule has 0 aliphatic carbocycles. The highest BCUT2D eigenvalue weighted by atomic mass is 16.6. The van der Waals surface area contributed by atoms with Crippen molar-refractivity contribution in [2.24, 2.45) is 10.8 Å². The molecule has 5 N–H and O–H groups in total. The van der Waals surface area contributed by atoms with Gasteiger partial charge in [-0.15, -0.1) is 0 Å². The molecule has 0 bridgehead atoms. The number of ether oxygens (including phenoxy) is 1. The lowest BCUT2D eigenvalue weighted by atomic mass is 9.86. The van der Waals surface area contributed by atoms with Gasteiger partial charge in [0, 0.05) is 43.5 Å². The van der Waals surface area contributed by atoms with Crippen LogP contribution in [0.2, 0.25) is 0 Å². The fraction of sp³-hybridized carbons (Fsp3) is 0.500. The Hall–Kier alpha value is -3.34. The van der Waals surface area contributed by atoms with Gasteiger partial charge in [-0.25, -0.2) is 15.2 Å². The van der Waals surface area contributed by atoms with Crippen molar-refractivity contribution in [3.8, 4) is 11.3 Å². The molecule has 2 aromatic carbocycles. The van der Waals surface area contributed by atoms with Crippen LogP contribution in [0.25, 0.3) is 11.3 Å². The number of cyclic esters (lactones) is 1. The van der Waals surface area contributed by atoms with E-state index in [0.717, 1.165) is 22.4 Å². The molecule has 4 rings (SSSR count). The maximum atomic E-state index is 12.4. The van der Waals surface area contributed by atoms with Crippen LogP contribution in [0.15, 0.2) is 79.0 Å². The fourth-order valence-corrected chi connectivity index (χ4v) is 5.75. The summed E-state index contributed by atoms with van der Waals surface area (Å²) in [6, 6.07) is 24.1. The summed E-state index contributed by atoms with van der Waals surface area (Å²) in [4.78, 5) is 16.8. The molecule has 0 saturated carbocycles. The van der Waals surface area contributed by atoms with Crippen LogP contribution in [-0.4, -0.2) is 71.8 Å². The summed E-state index contributed by atoms with van der Waals surface area (Å²) >= 11 is 0. The number of carbonyl (C=O) groups excluding carboxylic acids is 1. The van der Waals surface area contributed by atoms with Gasteiger partial charge in [0.15, 0.2) is 6.23 Å². The number of aliphatic hydroxyl groups is 1. The third-order valence-electron chi connectivity index (χ3n) is 8.49. The van der Waals surface area contributed by atoms with Gasteiger partial charge >= 0.3 is 6.09 Å². The molecule has 3 aromatic rings.